The van der Waals surface area contributed by atoms with Crippen molar-refractivity contribution in [1.29, 1.82) is 0 Å². The summed E-state index contributed by atoms with van der Waals surface area (Å²) in [7, 11) is 1.65. The van der Waals surface area contributed by atoms with E-state index in [1.165, 1.54) is 0 Å². The lowest BCUT2D eigenvalue weighted by molar-refractivity contribution is 0.292. The first-order valence-corrected chi connectivity index (χ1v) is 9.12. The molecule has 4 rings (SSSR count). The molecule has 7 heteroatoms. The molecule has 0 spiro atoms. The van der Waals surface area contributed by atoms with Gasteiger partial charge in [-0.2, -0.15) is 5.10 Å². The number of H-pyrrole nitrogens is 1. The minimum absolute atomic E-state index is 0.0854. The van der Waals surface area contributed by atoms with Crippen molar-refractivity contribution in [2.24, 2.45) is 0 Å². The van der Waals surface area contributed by atoms with Crippen LogP contribution in [0.4, 0.5) is 0 Å². The molecule has 0 radical (unpaired) electrons. The summed E-state index contributed by atoms with van der Waals surface area (Å²) in [5, 5.41) is 19.8. The number of aryl methyl sites for hydroxylation is 1. The Balaban J connectivity index is 1.98. The summed E-state index contributed by atoms with van der Waals surface area (Å²) in [6.07, 6.45) is 0. The standard InChI is InChI=1S/C21H22N4O3/c1-13-9-20-23-24-21(27)25(20)18-10-17(19(28-2)11-16(13)18)15-6-4-3-5-14(15)12-22-7-8-26/h3-6,9-11,22,26H,7-8,12H2,1-2H3,(H,24,27). The Hall–Kier alpha value is -3.16. The molecule has 0 aliphatic carbocycles. The SMILES string of the molecule is COc1cc2c(C)cc3n[nH]c(=O)n3c2cc1-c1ccccc1CNCCO. The first kappa shape index (κ1) is 18.2. The summed E-state index contributed by atoms with van der Waals surface area (Å²) >= 11 is 0. The zero-order chi connectivity index (χ0) is 19.7. The van der Waals surface area contributed by atoms with Crippen molar-refractivity contribution in [3.05, 3.63) is 64.1 Å². The topological polar surface area (TPSA) is 91.7 Å². The summed E-state index contributed by atoms with van der Waals surface area (Å²) in [5.41, 5.74) is 5.11. The van der Waals surface area contributed by atoms with Crippen molar-refractivity contribution < 1.29 is 9.84 Å². The maximum absolute atomic E-state index is 12.3. The zero-order valence-corrected chi connectivity index (χ0v) is 15.8. The molecule has 0 aliphatic heterocycles. The summed E-state index contributed by atoms with van der Waals surface area (Å²) in [6, 6.07) is 13.9. The Bertz CT molecular complexity index is 1210. The van der Waals surface area contributed by atoms with Gasteiger partial charge in [0, 0.05) is 24.0 Å². The van der Waals surface area contributed by atoms with Crippen molar-refractivity contribution in [2.45, 2.75) is 13.5 Å². The van der Waals surface area contributed by atoms with Crippen LogP contribution >= 0.6 is 0 Å². The van der Waals surface area contributed by atoms with E-state index in [4.69, 9.17) is 9.84 Å². The van der Waals surface area contributed by atoms with Crippen LogP contribution < -0.4 is 15.7 Å². The second-order valence-electron chi connectivity index (χ2n) is 6.68. The molecule has 2 heterocycles. The molecule has 0 unspecified atom stereocenters. The number of aliphatic hydroxyl groups is 1. The van der Waals surface area contributed by atoms with Crippen LogP contribution in [-0.2, 0) is 6.54 Å². The fourth-order valence-electron chi connectivity index (χ4n) is 3.60. The molecule has 0 bridgehead atoms. The fourth-order valence-corrected chi connectivity index (χ4v) is 3.60. The van der Waals surface area contributed by atoms with Gasteiger partial charge < -0.3 is 15.2 Å². The smallest absolute Gasteiger partial charge is 0.348 e. The minimum atomic E-state index is -0.269. The third-order valence-corrected chi connectivity index (χ3v) is 4.94. The third-order valence-electron chi connectivity index (χ3n) is 4.94. The highest BCUT2D eigenvalue weighted by Crippen LogP contribution is 2.37. The third kappa shape index (κ3) is 3.04. The van der Waals surface area contributed by atoms with Crippen LogP contribution in [0.25, 0.3) is 27.7 Å². The van der Waals surface area contributed by atoms with Crippen molar-refractivity contribution >= 4 is 16.6 Å². The molecule has 2 aromatic carbocycles. The van der Waals surface area contributed by atoms with E-state index in [0.717, 1.165) is 38.9 Å². The van der Waals surface area contributed by atoms with E-state index in [2.05, 4.69) is 15.5 Å². The van der Waals surface area contributed by atoms with Crippen molar-refractivity contribution in [3.63, 3.8) is 0 Å². The lowest BCUT2D eigenvalue weighted by atomic mass is 9.96. The summed E-state index contributed by atoms with van der Waals surface area (Å²) in [6.45, 7) is 3.22. The molecule has 0 atom stereocenters. The number of ether oxygens (including phenoxy) is 1. The fraction of sp³-hybridized carbons (Fsp3) is 0.238. The number of hydrogen-bond donors (Lipinski definition) is 3. The second kappa shape index (κ2) is 7.46. The quantitative estimate of drug-likeness (QED) is 0.448. The van der Waals surface area contributed by atoms with Crippen LogP contribution in [0.2, 0.25) is 0 Å². The van der Waals surface area contributed by atoms with Gasteiger partial charge in [-0.05, 0) is 41.8 Å². The minimum Gasteiger partial charge on any atom is -0.496 e. The van der Waals surface area contributed by atoms with Gasteiger partial charge in [0.15, 0.2) is 5.65 Å². The van der Waals surface area contributed by atoms with Gasteiger partial charge in [-0.3, -0.25) is 0 Å². The van der Waals surface area contributed by atoms with Gasteiger partial charge in [-0.15, -0.1) is 0 Å². The Kier molecular flexibility index (Phi) is 4.85. The molecular weight excluding hydrogens is 356 g/mol. The van der Waals surface area contributed by atoms with Crippen LogP contribution in [-0.4, -0.2) is 40.0 Å². The Morgan fingerprint density at radius 1 is 1.21 bits per heavy atom. The summed E-state index contributed by atoms with van der Waals surface area (Å²) in [5.74, 6) is 0.737. The number of hydrogen-bond acceptors (Lipinski definition) is 5. The van der Waals surface area contributed by atoms with E-state index < -0.39 is 0 Å². The van der Waals surface area contributed by atoms with E-state index in [0.29, 0.717) is 18.7 Å². The maximum Gasteiger partial charge on any atom is 0.348 e. The predicted octanol–water partition coefficient (Wildman–Crippen LogP) is 2.24. The van der Waals surface area contributed by atoms with Gasteiger partial charge in [-0.25, -0.2) is 14.3 Å². The van der Waals surface area contributed by atoms with Crippen LogP contribution in [0.15, 0.2) is 47.3 Å². The molecule has 0 amide bonds. The highest BCUT2D eigenvalue weighted by atomic mass is 16.5. The normalized spacial score (nSPS) is 11.4. The van der Waals surface area contributed by atoms with E-state index in [1.807, 2.05) is 49.4 Å². The number of aromatic nitrogens is 3. The van der Waals surface area contributed by atoms with Crippen molar-refractivity contribution in [1.82, 2.24) is 19.9 Å². The van der Waals surface area contributed by atoms with Gasteiger partial charge in [0.1, 0.15) is 5.75 Å². The molecule has 144 valence electrons. The molecule has 0 aliphatic rings. The Labute approximate surface area is 161 Å². The molecular formula is C21H22N4O3. The largest absolute Gasteiger partial charge is 0.496 e. The number of aromatic amines is 1. The number of methoxy groups -OCH3 is 1. The highest BCUT2D eigenvalue weighted by molar-refractivity contribution is 5.92. The number of pyridine rings is 1. The summed E-state index contributed by atoms with van der Waals surface area (Å²) in [4.78, 5) is 12.3. The number of rotatable bonds is 6. The average Bonchev–Trinajstić information content (AvgIpc) is 3.08. The van der Waals surface area contributed by atoms with Gasteiger partial charge >= 0.3 is 5.69 Å². The van der Waals surface area contributed by atoms with E-state index in [-0.39, 0.29) is 12.3 Å². The monoisotopic (exact) mass is 378 g/mol. The second-order valence-corrected chi connectivity index (χ2v) is 6.68. The number of benzene rings is 2. The average molecular weight is 378 g/mol. The van der Waals surface area contributed by atoms with Crippen molar-refractivity contribution in [3.8, 4) is 16.9 Å². The van der Waals surface area contributed by atoms with Crippen LogP contribution in [0.3, 0.4) is 0 Å². The molecule has 28 heavy (non-hydrogen) atoms. The summed E-state index contributed by atoms with van der Waals surface area (Å²) < 4.78 is 7.28. The lowest BCUT2D eigenvalue weighted by Gasteiger charge is -2.16. The maximum atomic E-state index is 12.3. The van der Waals surface area contributed by atoms with Gasteiger partial charge in [0.25, 0.3) is 0 Å². The van der Waals surface area contributed by atoms with Crippen LogP contribution in [0.5, 0.6) is 5.75 Å². The Morgan fingerprint density at radius 3 is 2.82 bits per heavy atom. The zero-order valence-electron chi connectivity index (χ0n) is 15.8. The van der Waals surface area contributed by atoms with Gasteiger partial charge in [0.05, 0.1) is 19.2 Å². The highest BCUT2D eigenvalue weighted by Gasteiger charge is 2.16. The first-order valence-electron chi connectivity index (χ1n) is 9.12. The number of fused-ring (bicyclic) bond motifs is 3. The molecule has 0 saturated carbocycles. The number of nitrogens with zero attached hydrogens (tertiary/aromatic N) is 2. The number of nitrogens with one attached hydrogen (secondary N) is 2. The van der Waals surface area contributed by atoms with E-state index >= 15 is 0 Å². The van der Waals surface area contributed by atoms with Crippen LogP contribution in [0.1, 0.15) is 11.1 Å². The van der Waals surface area contributed by atoms with Gasteiger partial charge in [-0.1, -0.05) is 24.3 Å². The molecule has 4 aromatic rings. The van der Waals surface area contributed by atoms with Crippen molar-refractivity contribution in [2.75, 3.05) is 20.3 Å². The molecule has 0 saturated heterocycles. The van der Waals surface area contributed by atoms with E-state index in [1.54, 1.807) is 11.5 Å². The lowest BCUT2D eigenvalue weighted by Crippen LogP contribution is -2.18. The first-order chi connectivity index (χ1) is 13.6. The van der Waals surface area contributed by atoms with Crippen LogP contribution in [0, 0.1) is 6.92 Å². The molecule has 3 N–H and O–H groups in total. The predicted molar refractivity (Wildman–Crippen MR) is 109 cm³/mol. The van der Waals surface area contributed by atoms with E-state index in [9.17, 15) is 4.79 Å². The molecule has 2 aromatic heterocycles. The molecule has 0 fully saturated rings. The molecule has 7 nitrogen and oxygen atoms in total. The number of aliphatic hydroxyl groups excluding tert-OH is 1. The van der Waals surface area contributed by atoms with Gasteiger partial charge in [0.2, 0.25) is 0 Å². The Morgan fingerprint density at radius 2 is 2.04 bits per heavy atom.